The van der Waals surface area contributed by atoms with Gasteiger partial charge in [0.25, 0.3) is 0 Å². The molecule has 0 bridgehead atoms. The maximum atomic E-state index is 11.5. The Bertz CT molecular complexity index is 769. The lowest BCUT2D eigenvalue weighted by molar-refractivity contribution is 0.415. The zero-order valence-electron chi connectivity index (χ0n) is 11.7. The molecule has 2 aromatic carbocycles. The highest BCUT2D eigenvalue weighted by Crippen LogP contribution is 2.34. The van der Waals surface area contributed by atoms with E-state index in [1.165, 1.54) is 0 Å². The molecule has 0 aliphatic carbocycles. The number of nitrogens with one attached hydrogen (secondary N) is 1. The van der Waals surface area contributed by atoms with Crippen molar-refractivity contribution >= 4 is 10.3 Å². The lowest BCUT2D eigenvalue weighted by Gasteiger charge is -2.24. The van der Waals surface area contributed by atoms with Crippen molar-refractivity contribution in [1.82, 2.24) is 4.72 Å². The van der Waals surface area contributed by atoms with Crippen molar-refractivity contribution in [1.29, 1.82) is 0 Å². The number of methoxy groups -OCH3 is 1. The summed E-state index contributed by atoms with van der Waals surface area (Å²) >= 11 is 0. The molecule has 1 heterocycles. The van der Waals surface area contributed by atoms with Gasteiger partial charge in [-0.25, -0.2) is 0 Å². The van der Waals surface area contributed by atoms with Crippen LogP contribution in [0.5, 0.6) is 11.5 Å². The molecule has 0 saturated carbocycles. The molecule has 0 saturated heterocycles. The van der Waals surface area contributed by atoms with Gasteiger partial charge >= 0.3 is 10.3 Å². The minimum Gasteiger partial charge on any atom is -0.497 e. The molecule has 0 spiro atoms. The van der Waals surface area contributed by atoms with E-state index in [-0.39, 0.29) is 6.04 Å². The summed E-state index contributed by atoms with van der Waals surface area (Å²) in [6.45, 7) is 1.79. The van der Waals surface area contributed by atoms with Gasteiger partial charge in [-0.3, -0.25) is 0 Å². The highest BCUT2D eigenvalue weighted by Gasteiger charge is 2.27. The highest BCUT2D eigenvalue weighted by molar-refractivity contribution is 7.85. The van der Waals surface area contributed by atoms with Crippen LogP contribution in [0.25, 0.3) is 11.1 Å². The van der Waals surface area contributed by atoms with E-state index < -0.39 is 10.3 Å². The van der Waals surface area contributed by atoms with E-state index in [9.17, 15) is 8.42 Å². The first kappa shape index (κ1) is 13.9. The Hall–Kier alpha value is -2.05. The molecule has 110 valence electrons. The average Bonchev–Trinajstić information content (AvgIpc) is 2.46. The van der Waals surface area contributed by atoms with Crippen molar-refractivity contribution in [3.05, 3.63) is 48.0 Å². The Morgan fingerprint density at radius 1 is 1.10 bits per heavy atom. The monoisotopic (exact) mass is 305 g/mol. The zero-order chi connectivity index (χ0) is 15.0. The molecular weight excluding hydrogens is 290 g/mol. The molecule has 0 fully saturated rings. The molecule has 1 atom stereocenters. The summed E-state index contributed by atoms with van der Waals surface area (Å²) < 4.78 is 35.5. The highest BCUT2D eigenvalue weighted by atomic mass is 32.2. The Labute approximate surface area is 123 Å². The first-order valence-electron chi connectivity index (χ1n) is 6.48. The summed E-state index contributed by atoms with van der Waals surface area (Å²) in [5, 5.41) is 0. The molecule has 3 rings (SSSR count). The molecule has 21 heavy (non-hydrogen) atoms. The van der Waals surface area contributed by atoms with Crippen LogP contribution in [0.4, 0.5) is 0 Å². The maximum absolute atomic E-state index is 11.5. The third-order valence-electron chi connectivity index (χ3n) is 3.42. The van der Waals surface area contributed by atoms with Crippen LogP contribution in [-0.2, 0) is 10.3 Å². The van der Waals surface area contributed by atoms with Crippen molar-refractivity contribution in [2.24, 2.45) is 0 Å². The number of hydrogen-bond acceptors (Lipinski definition) is 4. The third kappa shape index (κ3) is 2.72. The fourth-order valence-corrected chi connectivity index (χ4v) is 3.34. The molecule has 2 aromatic rings. The van der Waals surface area contributed by atoms with E-state index in [2.05, 4.69) is 4.72 Å². The summed E-state index contributed by atoms with van der Waals surface area (Å²) in [4.78, 5) is 0. The van der Waals surface area contributed by atoms with Crippen molar-refractivity contribution in [2.45, 2.75) is 13.0 Å². The number of fused-ring (bicyclic) bond motifs is 1. The van der Waals surface area contributed by atoms with Crippen molar-refractivity contribution < 1.29 is 17.3 Å². The second-order valence-corrected chi connectivity index (χ2v) is 6.17. The van der Waals surface area contributed by atoms with Gasteiger partial charge in [-0.05, 0) is 42.3 Å². The molecule has 0 amide bonds. The van der Waals surface area contributed by atoms with Gasteiger partial charge in [0.15, 0.2) is 0 Å². The molecule has 0 aromatic heterocycles. The summed E-state index contributed by atoms with van der Waals surface area (Å²) in [7, 11) is -2.07. The van der Waals surface area contributed by atoms with E-state index in [0.29, 0.717) is 5.75 Å². The molecule has 1 aliphatic rings. The van der Waals surface area contributed by atoms with E-state index >= 15 is 0 Å². The van der Waals surface area contributed by atoms with Gasteiger partial charge in [-0.2, -0.15) is 13.1 Å². The summed E-state index contributed by atoms with van der Waals surface area (Å²) in [6, 6.07) is 12.8. The quantitative estimate of drug-likeness (QED) is 0.926. The number of benzene rings is 2. The molecular formula is C15H15NO4S. The van der Waals surface area contributed by atoms with Crippen LogP contribution >= 0.6 is 0 Å². The van der Waals surface area contributed by atoms with Crippen molar-refractivity contribution in [2.75, 3.05) is 7.11 Å². The predicted octanol–water partition coefficient (Wildman–Crippen LogP) is 2.65. The number of ether oxygens (including phenoxy) is 1. The summed E-state index contributed by atoms with van der Waals surface area (Å²) in [5.74, 6) is 1.17. The Balaban J connectivity index is 2.01. The second kappa shape index (κ2) is 5.05. The fraction of sp³-hybridized carbons (Fsp3) is 0.200. The van der Waals surface area contributed by atoms with Gasteiger partial charge in [0.1, 0.15) is 11.5 Å². The molecule has 6 heteroatoms. The maximum Gasteiger partial charge on any atom is 0.383 e. The minimum absolute atomic E-state index is 0.322. The molecule has 1 aliphatic heterocycles. The normalized spacial score (nSPS) is 19.4. The third-order valence-corrected chi connectivity index (χ3v) is 4.46. The first-order valence-corrected chi connectivity index (χ1v) is 7.89. The van der Waals surface area contributed by atoms with Gasteiger partial charge in [0.2, 0.25) is 0 Å². The van der Waals surface area contributed by atoms with Crippen LogP contribution in [0.3, 0.4) is 0 Å². The van der Waals surface area contributed by atoms with Crippen LogP contribution in [0.15, 0.2) is 42.5 Å². The standard InChI is InChI=1S/C15H15NO4S/c1-10-14-9-12(11-3-6-13(19-2)7-4-11)5-8-15(14)20-21(17,18)16-10/h3-10,16H,1-2H3. The van der Waals surface area contributed by atoms with Crippen LogP contribution in [0.1, 0.15) is 18.5 Å². The van der Waals surface area contributed by atoms with Crippen LogP contribution in [-0.4, -0.2) is 15.5 Å². The Morgan fingerprint density at radius 2 is 1.76 bits per heavy atom. The average molecular weight is 305 g/mol. The first-order chi connectivity index (χ1) is 9.98. The van der Waals surface area contributed by atoms with E-state index in [4.69, 9.17) is 8.92 Å². The lowest BCUT2D eigenvalue weighted by Crippen LogP contribution is -2.35. The predicted molar refractivity (Wildman–Crippen MR) is 79.5 cm³/mol. The van der Waals surface area contributed by atoms with Crippen molar-refractivity contribution in [3.63, 3.8) is 0 Å². The second-order valence-electron chi connectivity index (χ2n) is 4.86. The Morgan fingerprint density at radius 3 is 2.43 bits per heavy atom. The summed E-state index contributed by atoms with van der Waals surface area (Å²) in [5.41, 5.74) is 2.84. The minimum atomic E-state index is -3.70. The summed E-state index contributed by atoms with van der Waals surface area (Å²) in [6.07, 6.45) is 0. The van der Waals surface area contributed by atoms with Gasteiger partial charge in [0, 0.05) is 5.56 Å². The van der Waals surface area contributed by atoms with Gasteiger partial charge in [0.05, 0.1) is 13.2 Å². The number of hydrogen-bond donors (Lipinski definition) is 1. The van der Waals surface area contributed by atoms with Crippen molar-refractivity contribution in [3.8, 4) is 22.6 Å². The Kier molecular flexibility index (Phi) is 3.35. The van der Waals surface area contributed by atoms with Gasteiger partial charge in [-0.15, -0.1) is 0 Å². The SMILES string of the molecule is COc1ccc(-c2ccc3c(c2)C(C)NS(=O)(=O)O3)cc1. The fourth-order valence-electron chi connectivity index (χ4n) is 2.35. The lowest BCUT2D eigenvalue weighted by atomic mass is 9.99. The molecule has 0 radical (unpaired) electrons. The number of rotatable bonds is 2. The van der Waals surface area contributed by atoms with Gasteiger partial charge < -0.3 is 8.92 Å². The smallest absolute Gasteiger partial charge is 0.383 e. The molecule has 1 unspecified atom stereocenters. The van der Waals surface area contributed by atoms with Crippen LogP contribution < -0.4 is 13.6 Å². The largest absolute Gasteiger partial charge is 0.497 e. The van der Waals surface area contributed by atoms with E-state index in [0.717, 1.165) is 22.4 Å². The molecule has 1 N–H and O–H groups in total. The van der Waals surface area contributed by atoms with Gasteiger partial charge in [-0.1, -0.05) is 18.2 Å². The molecule has 5 nitrogen and oxygen atoms in total. The topological polar surface area (TPSA) is 64.6 Å². The van der Waals surface area contributed by atoms with E-state index in [1.807, 2.05) is 36.4 Å². The van der Waals surface area contributed by atoms with Crippen LogP contribution in [0, 0.1) is 0 Å². The van der Waals surface area contributed by atoms with E-state index in [1.54, 1.807) is 20.1 Å². The zero-order valence-corrected chi connectivity index (χ0v) is 12.5. The van der Waals surface area contributed by atoms with Crippen LogP contribution in [0.2, 0.25) is 0 Å².